The number of aromatic hydroxyl groups is 1. The molecule has 1 aliphatic rings. The second-order valence-corrected chi connectivity index (χ2v) is 10.6. The van der Waals surface area contributed by atoms with Crippen molar-refractivity contribution in [2.75, 3.05) is 53.7 Å². The molecule has 0 unspecified atom stereocenters. The van der Waals surface area contributed by atoms with Gasteiger partial charge in [-0.3, -0.25) is 10.4 Å². The van der Waals surface area contributed by atoms with E-state index in [0.717, 1.165) is 6.54 Å². The van der Waals surface area contributed by atoms with Crippen LogP contribution in [0.5, 0.6) is 46.3 Å². The lowest BCUT2D eigenvalue weighted by molar-refractivity contribution is 0.0258. The van der Waals surface area contributed by atoms with E-state index in [1.54, 1.807) is 18.2 Å². The smallest absolute Gasteiger partial charge is 0.338 e. The van der Waals surface area contributed by atoms with Gasteiger partial charge in [0.1, 0.15) is 24.0 Å². The maximum atomic E-state index is 16.1. The van der Waals surface area contributed by atoms with Crippen LogP contribution in [0.3, 0.4) is 0 Å². The van der Waals surface area contributed by atoms with Crippen molar-refractivity contribution in [2.24, 2.45) is 10.7 Å². The minimum absolute atomic E-state index is 0.0401. The van der Waals surface area contributed by atoms with Gasteiger partial charge in [0, 0.05) is 24.7 Å². The number of nitrogens with two attached hydrogens (primary N) is 1. The number of hydrogen-bond donors (Lipinski definition) is 4. The van der Waals surface area contributed by atoms with Crippen molar-refractivity contribution in [1.29, 1.82) is 5.41 Å². The topological polar surface area (TPSA) is 191 Å². The van der Waals surface area contributed by atoms with Crippen LogP contribution >= 0.6 is 0 Å². The van der Waals surface area contributed by atoms with Crippen molar-refractivity contribution in [3.05, 3.63) is 89.0 Å². The van der Waals surface area contributed by atoms with Gasteiger partial charge >= 0.3 is 5.97 Å². The number of halogens is 2. The summed E-state index contributed by atoms with van der Waals surface area (Å²) in [4.78, 5) is 22.9. The molecule has 0 radical (unpaired) electrons. The van der Waals surface area contributed by atoms with Gasteiger partial charge in [-0.1, -0.05) is 12.1 Å². The summed E-state index contributed by atoms with van der Waals surface area (Å²) in [6.07, 6.45) is 0. The molecular weight excluding hydrogens is 660 g/mol. The summed E-state index contributed by atoms with van der Waals surface area (Å²) < 4.78 is 64.8. The number of phenols is 1. The van der Waals surface area contributed by atoms with E-state index in [0.29, 0.717) is 17.9 Å². The predicted molar refractivity (Wildman–Crippen MR) is 175 cm³/mol. The lowest BCUT2D eigenvalue weighted by atomic mass is 10.2. The lowest BCUT2D eigenvalue weighted by Gasteiger charge is -2.17. The number of aliphatic imine (C=N–C) groups is 1. The van der Waals surface area contributed by atoms with E-state index in [2.05, 4.69) is 9.98 Å². The minimum Gasteiger partial charge on any atom is -0.504 e. The molecule has 14 nitrogen and oxygen atoms in total. The second-order valence-electron chi connectivity index (χ2n) is 10.6. The van der Waals surface area contributed by atoms with Crippen molar-refractivity contribution in [3.63, 3.8) is 0 Å². The molecule has 5 rings (SSSR count). The third kappa shape index (κ3) is 8.16. The first-order chi connectivity index (χ1) is 24.1. The van der Waals surface area contributed by atoms with Crippen molar-refractivity contribution in [2.45, 2.75) is 0 Å². The van der Waals surface area contributed by atoms with E-state index in [9.17, 15) is 9.90 Å². The van der Waals surface area contributed by atoms with Gasteiger partial charge in [-0.25, -0.2) is 4.79 Å². The number of amidine groups is 2. The molecule has 0 spiro atoms. The maximum absolute atomic E-state index is 16.1. The summed E-state index contributed by atoms with van der Waals surface area (Å²) in [6.45, 7) is 1.22. The van der Waals surface area contributed by atoms with E-state index >= 15 is 8.78 Å². The van der Waals surface area contributed by atoms with Gasteiger partial charge in [-0.15, -0.1) is 0 Å². The van der Waals surface area contributed by atoms with Gasteiger partial charge in [0.2, 0.25) is 17.4 Å². The minimum atomic E-state index is -1.42. The van der Waals surface area contributed by atoms with E-state index in [-0.39, 0.29) is 66.4 Å². The molecular formula is C34H33F2N5O9. The van der Waals surface area contributed by atoms with Crippen LogP contribution in [0.4, 0.5) is 8.78 Å². The number of benzene rings is 3. The number of esters is 1. The molecule has 16 heteroatoms. The van der Waals surface area contributed by atoms with Crippen LogP contribution in [0.25, 0.3) is 0 Å². The molecule has 0 saturated heterocycles. The highest BCUT2D eigenvalue weighted by Crippen LogP contribution is 2.43. The molecule has 0 saturated carbocycles. The highest BCUT2D eigenvalue weighted by atomic mass is 19.1. The van der Waals surface area contributed by atoms with Crippen molar-refractivity contribution < 1.29 is 52.2 Å². The molecule has 0 atom stereocenters. The van der Waals surface area contributed by atoms with E-state index in [1.165, 1.54) is 49.6 Å². The molecule has 3 aromatic carbocycles. The van der Waals surface area contributed by atoms with Crippen LogP contribution in [0.1, 0.15) is 21.5 Å². The first-order valence-electron chi connectivity index (χ1n) is 15.1. The van der Waals surface area contributed by atoms with Crippen LogP contribution in [-0.2, 0) is 9.47 Å². The number of likely N-dealkylation sites (N-methyl/N-ethyl adjacent to an activating group) is 1. The van der Waals surface area contributed by atoms with Crippen LogP contribution in [0.2, 0.25) is 0 Å². The van der Waals surface area contributed by atoms with E-state index in [1.807, 2.05) is 11.9 Å². The molecule has 1 aromatic heterocycles. The number of nitrogen functional groups attached to an aromatic ring is 1. The molecule has 0 bridgehead atoms. The zero-order valence-electron chi connectivity index (χ0n) is 26.9. The van der Waals surface area contributed by atoms with Gasteiger partial charge in [0.05, 0.1) is 39.0 Å². The Morgan fingerprint density at radius 2 is 1.68 bits per heavy atom. The summed E-state index contributed by atoms with van der Waals surface area (Å²) in [5.41, 5.74) is 6.43. The Morgan fingerprint density at radius 1 is 0.940 bits per heavy atom. The Hall–Kier alpha value is -6.00. The summed E-state index contributed by atoms with van der Waals surface area (Å²) >= 11 is 0. The fourth-order valence-electron chi connectivity index (χ4n) is 4.66. The Bertz CT molecular complexity index is 1920. The fraction of sp³-hybridized carbons (Fsp3) is 0.235. The largest absolute Gasteiger partial charge is 0.504 e. The Kier molecular flexibility index (Phi) is 11.3. The van der Waals surface area contributed by atoms with E-state index < -0.39 is 40.9 Å². The quantitative estimate of drug-likeness (QED) is 0.0587. The highest BCUT2D eigenvalue weighted by Gasteiger charge is 2.28. The number of carbonyl (C=O) groups is 1. The lowest BCUT2D eigenvalue weighted by Crippen LogP contribution is -2.23. The summed E-state index contributed by atoms with van der Waals surface area (Å²) in [5.74, 6) is -6.76. The third-order valence-corrected chi connectivity index (χ3v) is 7.13. The van der Waals surface area contributed by atoms with Crippen molar-refractivity contribution >= 4 is 17.6 Å². The average molecular weight is 694 g/mol. The summed E-state index contributed by atoms with van der Waals surface area (Å²) in [7, 11) is 3.14. The number of methoxy groups -OCH3 is 1. The molecule has 0 aliphatic carbocycles. The number of aromatic nitrogens is 1. The number of rotatable bonds is 15. The molecule has 2 heterocycles. The number of ether oxygens (including phenoxy) is 6. The number of aliphatic hydroxyl groups is 1. The Labute approximate surface area is 284 Å². The number of carbonyl (C=O) groups excluding carboxylic acids is 1. The number of hydrogen-bond acceptors (Lipinski definition) is 13. The van der Waals surface area contributed by atoms with Crippen LogP contribution < -0.4 is 24.7 Å². The van der Waals surface area contributed by atoms with Gasteiger partial charge in [-0.05, 0) is 48.5 Å². The Morgan fingerprint density at radius 3 is 2.38 bits per heavy atom. The molecule has 4 aromatic rings. The normalized spacial score (nSPS) is 12.3. The SMILES string of the molecule is COc1cc(C(=O)OCCOCCO)ccc1Oc1c(F)c(Oc2cccc(C3=NCCN3C)c2)nc(Oc2cc(C(=N)N)ccc2O)c1F. The van der Waals surface area contributed by atoms with Crippen LogP contribution in [-0.4, -0.2) is 91.4 Å². The fourth-order valence-corrected chi connectivity index (χ4v) is 4.66. The summed E-state index contributed by atoms with van der Waals surface area (Å²) in [6, 6.07) is 14.1. The zero-order valence-corrected chi connectivity index (χ0v) is 26.9. The van der Waals surface area contributed by atoms with Crippen LogP contribution in [0.15, 0.2) is 65.7 Å². The first-order valence-corrected chi connectivity index (χ1v) is 15.1. The van der Waals surface area contributed by atoms with E-state index in [4.69, 9.17) is 44.7 Å². The third-order valence-electron chi connectivity index (χ3n) is 7.13. The standard InChI is InChI=1S/C34H33F2N5O9/c1-41-11-10-39-31(41)20-4-3-5-22(16-20)48-32-27(35)29(28(36)33(40-32)50-25-17-19(30(37)38)6-8-23(25)43)49-24-9-7-21(18-26(24)45-2)34(44)47-15-14-46-13-12-42/h3-9,16-18,42-43H,10-15H2,1-2H3,(H3,37,38). The molecule has 5 N–H and O–H groups in total. The molecule has 0 amide bonds. The number of aliphatic hydroxyl groups excluding tert-OH is 1. The summed E-state index contributed by atoms with van der Waals surface area (Å²) in [5, 5.41) is 26.9. The Balaban J connectivity index is 1.51. The maximum Gasteiger partial charge on any atom is 0.338 e. The van der Waals surface area contributed by atoms with Gasteiger partial charge in [0.15, 0.2) is 23.0 Å². The van der Waals surface area contributed by atoms with Crippen LogP contribution in [0, 0.1) is 17.0 Å². The second kappa shape index (κ2) is 15.9. The average Bonchev–Trinajstić information content (AvgIpc) is 3.55. The predicted octanol–water partition coefficient (Wildman–Crippen LogP) is 4.59. The highest BCUT2D eigenvalue weighted by molar-refractivity contribution is 6.00. The zero-order chi connectivity index (χ0) is 35.8. The molecule has 50 heavy (non-hydrogen) atoms. The molecule has 0 fully saturated rings. The van der Waals surface area contributed by atoms with Crippen molar-refractivity contribution in [3.8, 4) is 46.3 Å². The monoisotopic (exact) mass is 693 g/mol. The molecule has 1 aliphatic heterocycles. The van der Waals surface area contributed by atoms with Gasteiger partial charge < -0.3 is 49.3 Å². The van der Waals surface area contributed by atoms with Gasteiger partial charge in [0.25, 0.3) is 11.8 Å². The van der Waals surface area contributed by atoms with Crippen molar-refractivity contribution in [1.82, 2.24) is 9.88 Å². The number of phenolic OH excluding ortho intramolecular Hbond substituents is 1. The number of nitrogens with one attached hydrogen (secondary N) is 1. The number of nitrogens with zero attached hydrogens (tertiary/aromatic N) is 3. The molecule has 262 valence electrons. The first kappa shape index (κ1) is 35.3. The number of pyridine rings is 1. The van der Waals surface area contributed by atoms with Gasteiger partial charge in [-0.2, -0.15) is 13.8 Å².